The summed E-state index contributed by atoms with van der Waals surface area (Å²) in [6, 6.07) is 3.25. The quantitative estimate of drug-likeness (QED) is 0.837. The molecule has 2 atom stereocenters. The first-order valence-corrected chi connectivity index (χ1v) is 5.11. The number of carbonyl (C=O) groups excluding carboxylic acids is 1. The number of aromatic nitrogens is 1. The summed E-state index contributed by atoms with van der Waals surface area (Å²) >= 11 is 5.80. The second kappa shape index (κ2) is 4.09. The molecule has 1 aromatic heterocycles. The Labute approximate surface area is 96.4 Å². The molecule has 2 N–H and O–H groups in total. The first-order valence-electron chi connectivity index (χ1n) is 4.74. The molecule has 1 aliphatic carbocycles. The maximum Gasteiger partial charge on any atom is 0.307 e. The van der Waals surface area contributed by atoms with Gasteiger partial charge in [0, 0.05) is 6.20 Å². The summed E-state index contributed by atoms with van der Waals surface area (Å²) in [4.78, 5) is 26.0. The monoisotopic (exact) mass is 240 g/mol. The molecule has 84 valence electrons. The lowest BCUT2D eigenvalue weighted by atomic mass is 10.3. The Hall–Kier alpha value is -1.62. The second-order valence-corrected chi connectivity index (χ2v) is 4.02. The summed E-state index contributed by atoms with van der Waals surface area (Å²) in [6.45, 7) is 0. The van der Waals surface area contributed by atoms with E-state index in [4.69, 9.17) is 16.7 Å². The van der Waals surface area contributed by atoms with Crippen LogP contribution in [0, 0.1) is 11.8 Å². The summed E-state index contributed by atoms with van der Waals surface area (Å²) in [5, 5.41) is 11.5. The molecule has 1 saturated carbocycles. The Kier molecular flexibility index (Phi) is 2.78. The van der Waals surface area contributed by atoms with Crippen LogP contribution in [0.15, 0.2) is 18.3 Å². The van der Waals surface area contributed by atoms with Crippen molar-refractivity contribution in [1.29, 1.82) is 0 Å². The molecule has 1 amide bonds. The van der Waals surface area contributed by atoms with Crippen LogP contribution in [0.3, 0.4) is 0 Å². The highest BCUT2D eigenvalue weighted by atomic mass is 35.5. The number of aliphatic carboxylic acids is 1. The zero-order valence-electron chi connectivity index (χ0n) is 8.18. The van der Waals surface area contributed by atoms with Gasteiger partial charge in [-0.05, 0) is 18.6 Å². The van der Waals surface area contributed by atoms with Crippen molar-refractivity contribution in [1.82, 2.24) is 4.98 Å². The lowest BCUT2D eigenvalue weighted by Crippen LogP contribution is -2.17. The molecule has 2 unspecified atom stereocenters. The molecule has 1 heterocycles. The van der Waals surface area contributed by atoms with Gasteiger partial charge in [0.05, 0.1) is 16.9 Å². The van der Waals surface area contributed by atoms with Crippen LogP contribution in [0.1, 0.15) is 6.42 Å². The third kappa shape index (κ3) is 2.14. The minimum absolute atomic E-state index is 0.269. The predicted molar refractivity (Wildman–Crippen MR) is 57.1 cm³/mol. The lowest BCUT2D eigenvalue weighted by molar-refractivity contribution is -0.139. The predicted octanol–water partition coefficient (Wildman–Crippen LogP) is 1.39. The molecular formula is C10H9ClN2O3. The number of amides is 1. The summed E-state index contributed by atoms with van der Waals surface area (Å²) in [7, 11) is 0. The summed E-state index contributed by atoms with van der Waals surface area (Å²) in [6.07, 6.45) is 1.88. The van der Waals surface area contributed by atoms with Crippen molar-refractivity contribution in [3.8, 4) is 0 Å². The molecule has 0 radical (unpaired) electrons. The molecule has 6 heteroatoms. The number of anilines is 1. The molecule has 1 aromatic rings. The zero-order chi connectivity index (χ0) is 11.7. The smallest absolute Gasteiger partial charge is 0.307 e. The molecule has 2 rings (SSSR count). The van der Waals surface area contributed by atoms with E-state index in [1.807, 2.05) is 0 Å². The molecule has 0 spiro atoms. The van der Waals surface area contributed by atoms with Crippen LogP contribution in [0.2, 0.25) is 5.02 Å². The Bertz CT molecular complexity index is 449. The van der Waals surface area contributed by atoms with Crippen molar-refractivity contribution < 1.29 is 14.7 Å². The maximum absolute atomic E-state index is 11.6. The highest BCUT2D eigenvalue weighted by molar-refractivity contribution is 6.33. The van der Waals surface area contributed by atoms with Crippen LogP contribution in [0.4, 0.5) is 5.82 Å². The van der Waals surface area contributed by atoms with Crippen molar-refractivity contribution in [2.75, 3.05) is 5.32 Å². The van der Waals surface area contributed by atoms with E-state index in [1.165, 1.54) is 6.20 Å². The van der Waals surface area contributed by atoms with Gasteiger partial charge in [-0.3, -0.25) is 9.59 Å². The molecule has 5 nitrogen and oxygen atoms in total. The zero-order valence-corrected chi connectivity index (χ0v) is 8.94. The molecule has 0 bridgehead atoms. The summed E-state index contributed by atoms with van der Waals surface area (Å²) < 4.78 is 0. The topological polar surface area (TPSA) is 79.3 Å². The standard InChI is InChI=1S/C10H9ClN2O3/c11-7-2-1-3-12-8(7)13-9(14)5-4-6(5)10(15)16/h1-3,5-6H,4H2,(H,15,16)(H,12,13,14). The van der Waals surface area contributed by atoms with Gasteiger partial charge in [-0.25, -0.2) is 4.98 Å². The Morgan fingerprint density at radius 1 is 1.50 bits per heavy atom. The third-order valence-corrected chi connectivity index (χ3v) is 2.75. The first-order chi connectivity index (χ1) is 7.59. The van der Waals surface area contributed by atoms with Gasteiger partial charge in [0.25, 0.3) is 0 Å². The maximum atomic E-state index is 11.6. The first kappa shape index (κ1) is 10.9. The molecule has 0 aliphatic heterocycles. The van der Waals surface area contributed by atoms with E-state index in [1.54, 1.807) is 12.1 Å². The molecule has 0 saturated heterocycles. The Balaban J connectivity index is 1.99. The molecule has 16 heavy (non-hydrogen) atoms. The van der Waals surface area contributed by atoms with E-state index in [0.717, 1.165) is 0 Å². The van der Waals surface area contributed by atoms with Gasteiger partial charge in [0.1, 0.15) is 0 Å². The van der Waals surface area contributed by atoms with Crippen LogP contribution in [-0.4, -0.2) is 22.0 Å². The van der Waals surface area contributed by atoms with Crippen molar-refractivity contribution in [2.45, 2.75) is 6.42 Å². The Morgan fingerprint density at radius 3 is 2.81 bits per heavy atom. The van der Waals surface area contributed by atoms with E-state index < -0.39 is 17.8 Å². The number of carboxylic acids is 1. The van der Waals surface area contributed by atoms with Gasteiger partial charge in [-0.1, -0.05) is 11.6 Å². The minimum Gasteiger partial charge on any atom is -0.481 e. The number of pyridine rings is 1. The van der Waals surface area contributed by atoms with E-state index in [-0.39, 0.29) is 11.7 Å². The van der Waals surface area contributed by atoms with Gasteiger partial charge in [0.15, 0.2) is 5.82 Å². The minimum atomic E-state index is -0.938. The summed E-state index contributed by atoms with van der Waals surface area (Å²) in [5.74, 6) is -2.04. The average molecular weight is 241 g/mol. The fourth-order valence-corrected chi connectivity index (χ4v) is 1.61. The SMILES string of the molecule is O=C(O)C1CC1C(=O)Nc1ncccc1Cl. The van der Waals surface area contributed by atoms with Gasteiger partial charge in [-0.2, -0.15) is 0 Å². The number of carboxylic acid groups (broad SMARTS) is 1. The highest BCUT2D eigenvalue weighted by Crippen LogP contribution is 2.39. The van der Waals surface area contributed by atoms with Crippen LogP contribution >= 0.6 is 11.6 Å². The van der Waals surface area contributed by atoms with E-state index in [9.17, 15) is 9.59 Å². The Morgan fingerprint density at radius 2 is 2.25 bits per heavy atom. The molecular weight excluding hydrogens is 232 g/mol. The van der Waals surface area contributed by atoms with E-state index in [0.29, 0.717) is 11.4 Å². The molecule has 1 fully saturated rings. The number of nitrogens with zero attached hydrogens (tertiary/aromatic N) is 1. The van der Waals surface area contributed by atoms with E-state index in [2.05, 4.69) is 10.3 Å². The van der Waals surface area contributed by atoms with Gasteiger partial charge in [-0.15, -0.1) is 0 Å². The van der Waals surface area contributed by atoms with Crippen LogP contribution < -0.4 is 5.32 Å². The lowest BCUT2D eigenvalue weighted by Gasteiger charge is -2.04. The molecule has 0 aromatic carbocycles. The van der Waals surface area contributed by atoms with Crippen molar-refractivity contribution in [3.63, 3.8) is 0 Å². The van der Waals surface area contributed by atoms with Crippen LogP contribution in [0.5, 0.6) is 0 Å². The van der Waals surface area contributed by atoms with Crippen molar-refractivity contribution in [2.24, 2.45) is 11.8 Å². The fraction of sp³-hybridized carbons (Fsp3) is 0.300. The number of carbonyl (C=O) groups is 2. The van der Waals surface area contributed by atoms with Crippen LogP contribution in [-0.2, 0) is 9.59 Å². The van der Waals surface area contributed by atoms with Gasteiger partial charge in [0.2, 0.25) is 5.91 Å². The third-order valence-electron chi connectivity index (χ3n) is 2.44. The van der Waals surface area contributed by atoms with E-state index >= 15 is 0 Å². The summed E-state index contributed by atoms with van der Waals surface area (Å²) in [5.41, 5.74) is 0. The number of hydrogen-bond donors (Lipinski definition) is 2. The van der Waals surface area contributed by atoms with Crippen LogP contribution in [0.25, 0.3) is 0 Å². The number of halogens is 1. The average Bonchev–Trinajstić information content (AvgIpc) is 3.01. The van der Waals surface area contributed by atoms with Gasteiger partial charge >= 0.3 is 5.97 Å². The van der Waals surface area contributed by atoms with Crippen molar-refractivity contribution >= 4 is 29.3 Å². The molecule has 1 aliphatic rings. The second-order valence-electron chi connectivity index (χ2n) is 3.61. The highest BCUT2D eigenvalue weighted by Gasteiger charge is 2.48. The largest absolute Gasteiger partial charge is 0.481 e. The number of rotatable bonds is 3. The fourth-order valence-electron chi connectivity index (χ4n) is 1.44. The number of hydrogen-bond acceptors (Lipinski definition) is 3. The number of nitrogens with one attached hydrogen (secondary N) is 1. The van der Waals surface area contributed by atoms with Crippen molar-refractivity contribution in [3.05, 3.63) is 23.4 Å². The van der Waals surface area contributed by atoms with Gasteiger partial charge < -0.3 is 10.4 Å². The normalized spacial score (nSPS) is 22.6.